The summed E-state index contributed by atoms with van der Waals surface area (Å²) in [5, 5.41) is 5.62. The molecule has 0 radical (unpaired) electrons. The molecule has 16 heavy (non-hydrogen) atoms. The predicted octanol–water partition coefficient (Wildman–Crippen LogP) is -0.525. The van der Waals surface area contributed by atoms with E-state index in [1.807, 2.05) is 0 Å². The Kier molecular flexibility index (Phi) is 3.56. The molecule has 2 saturated heterocycles. The molecule has 2 amide bonds. The molecule has 2 fully saturated rings. The lowest BCUT2D eigenvalue weighted by Crippen LogP contribution is -2.50. The Balaban J connectivity index is 1.85. The van der Waals surface area contributed by atoms with Crippen LogP contribution in [-0.4, -0.2) is 48.4 Å². The number of carbonyl (C=O) groups is 2. The molecule has 0 saturated carbocycles. The van der Waals surface area contributed by atoms with E-state index in [2.05, 4.69) is 22.5 Å². The largest absolute Gasteiger partial charge is 0.302 e. The molecular weight excluding hydrogens is 206 g/mol. The minimum atomic E-state index is -0.311. The number of imide groups is 1. The number of piperidine rings is 1. The summed E-state index contributed by atoms with van der Waals surface area (Å²) in [7, 11) is 0. The van der Waals surface area contributed by atoms with Gasteiger partial charge in [-0.25, -0.2) is 0 Å². The van der Waals surface area contributed by atoms with Crippen molar-refractivity contribution in [2.75, 3.05) is 19.6 Å². The van der Waals surface area contributed by atoms with Crippen molar-refractivity contribution in [3.8, 4) is 0 Å². The highest BCUT2D eigenvalue weighted by Gasteiger charge is 2.32. The minimum absolute atomic E-state index is 0.161. The number of nitrogens with one attached hydrogen (secondary N) is 2. The fourth-order valence-corrected chi connectivity index (χ4v) is 2.45. The maximum Gasteiger partial charge on any atom is 0.244 e. The molecule has 2 heterocycles. The second-order valence-corrected chi connectivity index (χ2v) is 4.57. The molecule has 2 rings (SSSR count). The molecule has 5 nitrogen and oxygen atoms in total. The van der Waals surface area contributed by atoms with E-state index in [-0.39, 0.29) is 17.9 Å². The van der Waals surface area contributed by atoms with E-state index >= 15 is 0 Å². The molecule has 2 atom stereocenters. The van der Waals surface area contributed by atoms with Crippen LogP contribution in [0.25, 0.3) is 0 Å². The van der Waals surface area contributed by atoms with Crippen molar-refractivity contribution in [2.45, 2.75) is 38.3 Å². The summed E-state index contributed by atoms with van der Waals surface area (Å²) >= 11 is 0. The number of likely N-dealkylation sites (N-methyl/N-ethyl adjacent to an activating group) is 1. The first kappa shape index (κ1) is 11.5. The van der Waals surface area contributed by atoms with Crippen molar-refractivity contribution < 1.29 is 9.59 Å². The third kappa shape index (κ3) is 2.59. The molecule has 0 aromatic heterocycles. The zero-order valence-electron chi connectivity index (χ0n) is 9.66. The smallest absolute Gasteiger partial charge is 0.244 e. The van der Waals surface area contributed by atoms with Gasteiger partial charge in [0.05, 0.1) is 12.5 Å². The number of hydrogen-bond acceptors (Lipinski definition) is 4. The molecule has 0 aliphatic carbocycles. The second-order valence-electron chi connectivity index (χ2n) is 4.57. The quantitative estimate of drug-likeness (QED) is 0.634. The molecule has 90 valence electrons. The summed E-state index contributed by atoms with van der Waals surface area (Å²) in [4.78, 5) is 24.8. The summed E-state index contributed by atoms with van der Waals surface area (Å²) < 4.78 is 0. The van der Waals surface area contributed by atoms with Crippen molar-refractivity contribution in [1.82, 2.24) is 15.5 Å². The van der Waals surface area contributed by atoms with Gasteiger partial charge in [-0.05, 0) is 25.9 Å². The summed E-state index contributed by atoms with van der Waals surface area (Å²) in [6.45, 7) is 5.32. The molecule has 0 bridgehead atoms. The highest BCUT2D eigenvalue weighted by atomic mass is 16.2. The zero-order chi connectivity index (χ0) is 11.5. The average Bonchev–Trinajstić information content (AvgIpc) is 2.58. The van der Waals surface area contributed by atoms with Crippen LogP contribution < -0.4 is 10.6 Å². The molecule has 2 unspecified atom stereocenters. The Hall–Kier alpha value is -0.940. The Morgan fingerprint density at radius 1 is 1.50 bits per heavy atom. The predicted molar refractivity (Wildman–Crippen MR) is 59.8 cm³/mol. The van der Waals surface area contributed by atoms with E-state index in [4.69, 9.17) is 0 Å². The SMILES string of the molecule is CCN1CCCC(NC2CC(=O)NC2=O)C1. The van der Waals surface area contributed by atoms with Gasteiger partial charge >= 0.3 is 0 Å². The van der Waals surface area contributed by atoms with Gasteiger partial charge in [-0.2, -0.15) is 0 Å². The summed E-state index contributed by atoms with van der Waals surface area (Å²) in [5.41, 5.74) is 0. The molecule has 2 aliphatic heterocycles. The third-order valence-corrected chi connectivity index (χ3v) is 3.36. The van der Waals surface area contributed by atoms with Crippen molar-refractivity contribution in [3.63, 3.8) is 0 Å². The van der Waals surface area contributed by atoms with Crippen LogP contribution >= 0.6 is 0 Å². The Labute approximate surface area is 95.6 Å². The summed E-state index contributed by atoms with van der Waals surface area (Å²) in [6.07, 6.45) is 2.55. The summed E-state index contributed by atoms with van der Waals surface area (Å²) in [5.74, 6) is -0.329. The van der Waals surface area contributed by atoms with Gasteiger partial charge in [-0.1, -0.05) is 6.92 Å². The number of carbonyl (C=O) groups excluding carboxylic acids is 2. The standard InChI is InChI=1S/C11H19N3O2/c1-2-14-5-3-4-8(7-14)12-9-6-10(15)13-11(9)16/h8-9,12H,2-7H2,1H3,(H,13,15,16). The average molecular weight is 225 g/mol. The topological polar surface area (TPSA) is 61.4 Å². The molecule has 2 N–H and O–H groups in total. The van der Waals surface area contributed by atoms with Crippen LogP contribution in [0, 0.1) is 0 Å². The Morgan fingerprint density at radius 3 is 2.94 bits per heavy atom. The van der Waals surface area contributed by atoms with Gasteiger partial charge in [0.1, 0.15) is 0 Å². The van der Waals surface area contributed by atoms with Crippen LogP contribution in [-0.2, 0) is 9.59 Å². The van der Waals surface area contributed by atoms with Crippen LogP contribution in [0.4, 0.5) is 0 Å². The first-order chi connectivity index (χ1) is 7.69. The molecular formula is C11H19N3O2. The van der Waals surface area contributed by atoms with Crippen molar-refractivity contribution >= 4 is 11.8 Å². The first-order valence-corrected chi connectivity index (χ1v) is 6.01. The lowest BCUT2D eigenvalue weighted by Gasteiger charge is -2.33. The van der Waals surface area contributed by atoms with E-state index in [1.165, 1.54) is 0 Å². The molecule has 0 spiro atoms. The highest BCUT2D eigenvalue weighted by Crippen LogP contribution is 2.12. The maximum atomic E-state index is 11.4. The van der Waals surface area contributed by atoms with Gasteiger partial charge in [-0.15, -0.1) is 0 Å². The van der Waals surface area contributed by atoms with Crippen LogP contribution in [0.5, 0.6) is 0 Å². The Bertz CT molecular complexity index is 293. The van der Waals surface area contributed by atoms with E-state index in [0.717, 1.165) is 32.5 Å². The van der Waals surface area contributed by atoms with E-state index in [0.29, 0.717) is 12.5 Å². The number of nitrogens with zero attached hydrogens (tertiary/aromatic N) is 1. The fourth-order valence-electron chi connectivity index (χ4n) is 2.45. The van der Waals surface area contributed by atoms with Crippen molar-refractivity contribution in [2.24, 2.45) is 0 Å². The van der Waals surface area contributed by atoms with Crippen molar-refractivity contribution in [1.29, 1.82) is 0 Å². The van der Waals surface area contributed by atoms with Gasteiger partial charge in [0, 0.05) is 12.6 Å². The number of likely N-dealkylation sites (tertiary alicyclic amines) is 1. The first-order valence-electron chi connectivity index (χ1n) is 6.01. The number of hydrogen-bond donors (Lipinski definition) is 2. The molecule has 2 aliphatic rings. The second kappa shape index (κ2) is 4.93. The van der Waals surface area contributed by atoms with Crippen LogP contribution in [0.1, 0.15) is 26.2 Å². The van der Waals surface area contributed by atoms with Gasteiger partial charge < -0.3 is 10.2 Å². The third-order valence-electron chi connectivity index (χ3n) is 3.36. The number of amides is 2. The van der Waals surface area contributed by atoms with Crippen LogP contribution in [0.2, 0.25) is 0 Å². The van der Waals surface area contributed by atoms with Gasteiger partial charge in [0.2, 0.25) is 11.8 Å². The van der Waals surface area contributed by atoms with Crippen LogP contribution in [0.3, 0.4) is 0 Å². The van der Waals surface area contributed by atoms with Gasteiger partial charge in [-0.3, -0.25) is 14.9 Å². The monoisotopic (exact) mass is 225 g/mol. The molecule has 0 aromatic rings. The normalized spacial score (nSPS) is 31.8. The highest BCUT2D eigenvalue weighted by molar-refractivity contribution is 6.05. The van der Waals surface area contributed by atoms with E-state index in [9.17, 15) is 9.59 Å². The maximum absolute atomic E-state index is 11.4. The lowest BCUT2D eigenvalue weighted by atomic mass is 10.0. The van der Waals surface area contributed by atoms with Crippen molar-refractivity contribution in [3.05, 3.63) is 0 Å². The molecule has 5 heteroatoms. The van der Waals surface area contributed by atoms with E-state index < -0.39 is 0 Å². The zero-order valence-corrected chi connectivity index (χ0v) is 9.66. The van der Waals surface area contributed by atoms with Crippen LogP contribution in [0.15, 0.2) is 0 Å². The Morgan fingerprint density at radius 2 is 2.31 bits per heavy atom. The van der Waals surface area contributed by atoms with Gasteiger partial charge in [0.15, 0.2) is 0 Å². The number of rotatable bonds is 3. The molecule has 0 aromatic carbocycles. The fraction of sp³-hybridized carbons (Fsp3) is 0.818. The van der Waals surface area contributed by atoms with Gasteiger partial charge in [0.25, 0.3) is 0 Å². The minimum Gasteiger partial charge on any atom is -0.302 e. The summed E-state index contributed by atoms with van der Waals surface area (Å²) in [6, 6.07) is 0.0321. The van der Waals surface area contributed by atoms with E-state index in [1.54, 1.807) is 0 Å². The lowest BCUT2D eigenvalue weighted by molar-refractivity contribution is -0.125.